The Hall–Kier alpha value is -2.62. The van der Waals surface area contributed by atoms with Crippen LogP contribution < -0.4 is 5.32 Å². The lowest BCUT2D eigenvalue weighted by Crippen LogP contribution is -2.50. The number of carbonyl (C=O) groups excluding carboxylic acids is 2. The van der Waals surface area contributed by atoms with Crippen LogP contribution in [0, 0.1) is 19.8 Å². The first-order valence-corrected chi connectivity index (χ1v) is 10.5. The predicted octanol–water partition coefficient (Wildman–Crippen LogP) is 4.43. The molecule has 0 unspecified atom stereocenters. The monoisotopic (exact) mass is 394 g/mol. The Balaban J connectivity index is 2.26. The van der Waals surface area contributed by atoms with Crippen molar-refractivity contribution >= 4 is 11.8 Å². The third kappa shape index (κ3) is 7.04. The topological polar surface area (TPSA) is 49.4 Å². The second-order valence-electron chi connectivity index (χ2n) is 8.24. The molecule has 0 radical (unpaired) electrons. The molecule has 4 heteroatoms. The van der Waals surface area contributed by atoms with Crippen LogP contribution in [0.25, 0.3) is 0 Å². The highest BCUT2D eigenvalue weighted by atomic mass is 16.2. The minimum atomic E-state index is -0.479. The van der Waals surface area contributed by atoms with Gasteiger partial charge in [-0.1, -0.05) is 80.4 Å². The summed E-state index contributed by atoms with van der Waals surface area (Å²) in [6, 6.07) is 15.6. The van der Waals surface area contributed by atoms with Gasteiger partial charge in [-0.15, -0.1) is 0 Å². The summed E-state index contributed by atoms with van der Waals surface area (Å²) >= 11 is 0. The van der Waals surface area contributed by atoms with E-state index in [1.165, 1.54) is 0 Å². The summed E-state index contributed by atoms with van der Waals surface area (Å²) in [6.07, 6.45) is 0.874. The molecule has 0 aliphatic heterocycles. The van der Waals surface area contributed by atoms with Crippen LogP contribution in [0.15, 0.2) is 48.5 Å². The van der Waals surface area contributed by atoms with E-state index in [1.807, 2.05) is 63.2 Å². The van der Waals surface area contributed by atoms with Gasteiger partial charge >= 0.3 is 0 Å². The standard InChI is InChI=1S/C25H34N2O2/c1-6-23(25(29)26-16-18(2)3)27(17-21-10-8-7-9-11-21)24(28)15-22-13-19(4)12-20(5)14-22/h7-14,18,23H,6,15-17H2,1-5H3,(H,26,29)/t23-/m1/s1. The van der Waals surface area contributed by atoms with Crippen LogP contribution in [0.4, 0.5) is 0 Å². The summed E-state index contributed by atoms with van der Waals surface area (Å²) in [5.41, 5.74) is 4.30. The number of rotatable bonds is 9. The number of hydrogen-bond donors (Lipinski definition) is 1. The fraction of sp³-hybridized carbons (Fsp3) is 0.440. The Morgan fingerprint density at radius 2 is 1.59 bits per heavy atom. The van der Waals surface area contributed by atoms with E-state index in [0.717, 1.165) is 22.3 Å². The summed E-state index contributed by atoms with van der Waals surface area (Å²) in [7, 11) is 0. The van der Waals surface area contributed by atoms with Gasteiger partial charge in [0.2, 0.25) is 11.8 Å². The maximum absolute atomic E-state index is 13.3. The molecule has 156 valence electrons. The number of hydrogen-bond acceptors (Lipinski definition) is 2. The second-order valence-corrected chi connectivity index (χ2v) is 8.24. The van der Waals surface area contributed by atoms with Crippen LogP contribution in [0.5, 0.6) is 0 Å². The fourth-order valence-corrected chi connectivity index (χ4v) is 3.57. The molecule has 0 fully saturated rings. The predicted molar refractivity (Wildman–Crippen MR) is 119 cm³/mol. The van der Waals surface area contributed by atoms with Crippen molar-refractivity contribution in [2.45, 2.75) is 60.0 Å². The molecule has 1 N–H and O–H groups in total. The highest BCUT2D eigenvalue weighted by molar-refractivity contribution is 5.88. The van der Waals surface area contributed by atoms with Crippen molar-refractivity contribution in [2.75, 3.05) is 6.54 Å². The van der Waals surface area contributed by atoms with Crippen molar-refractivity contribution in [3.63, 3.8) is 0 Å². The quantitative estimate of drug-likeness (QED) is 0.684. The number of aryl methyl sites for hydroxylation is 2. The van der Waals surface area contributed by atoms with Gasteiger partial charge in [-0.3, -0.25) is 9.59 Å². The molecule has 0 heterocycles. The Morgan fingerprint density at radius 3 is 2.14 bits per heavy atom. The number of carbonyl (C=O) groups is 2. The van der Waals surface area contributed by atoms with E-state index in [2.05, 4.69) is 25.2 Å². The Bertz CT molecular complexity index is 795. The lowest BCUT2D eigenvalue weighted by atomic mass is 10.0. The average Bonchev–Trinajstić information content (AvgIpc) is 2.66. The number of nitrogens with zero attached hydrogens (tertiary/aromatic N) is 1. The zero-order valence-electron chi connectivity index (χ0n) is 18.4. The zero-order chi connectivity index (χ0) is 21.4. The molecule has 0 aliphatic rings. The highest BCUT2D eigenvalue weighted by Gasteiger charge is 2.28. The molecule has 29 heavy (non-hydrogen) atoms. The molecule has 0 spiro atoms. The molecule has 2 amide bonds. The van der Waals surface area contributed by atoms with Gasteiger partial charge in [-0.2, -0.15) is 0 Å². The first kappa shape index (κ1) is 22.7. The van der Waals surface area contributed by atoms with Crippen molar-refractivity contribution in [1.82, 2.24) is 10.2 Å². The van der Waals surface area contributed by atoms with Crippen molar-refractivity contribution < 1.29 is 9.59 Å². The van der Waals surface area contributed by atoms with Gasteiger partial charge in [0.15, 0.2) is 0 Å². The summed E-state index contributed by atoms with van der Waals surface area (Å²) in [5.74, 6) is 0.265. The first-order valence-electron chi connectivity index (χ1n) is 10.5. The average molecular weight is 395 g/mol. The van der Waals surface area contributed by atoms with Gasteiger partial charge in [-0.05, 0) is 37.3 Å². The number of benzene rings is 2. The molecule has 2 aromatic carbocycles. The van der Waals surface area contributed by atoms with E-state index in [4.69, 9.17) is 0 Å². The highest BCUT2D eigenvalue weighted by Crippen LogP contribution is 2.16. The van der Waals surface area contributed by atoms with E-state index in [9.17, 15) is 9.59 Å². The first-order chi connectivity index (χ1) is 13.8. The third-order valence-corrected chi connectivity index (χ3v) is 4.90. The summed E-state index contributed by atoms with van der Waals surface area (Å²) in [6.45, 7) is 11.2. The van der Waals surface area contributed by atoms with E-state index in [0.29, 0.717) is 31.8 Å². The Kier molecular flexibility index (Phi) is 8.44. The van der Waals surface area contributed by atoms with E-state index in [-0.39, 0.29) is 11.8 Å². The maximum atomic E-state index is 13.3. The minimum absolute atomic E-state index is 0.0228. The molecular weight excluding hydrogens is 360 g/mol. The van der Waals surface area contributed by atoms with Crippen molar-refractivity contribution in [3.8, 4) is 0 Å². The van der Waals surface area contributed by atoms with Crippen LogP contribution in [0.2, 0.25) is 0 Å². The molecule has 2 aromatic rings. The number of nitrogens with one attached hydrogen (secondary N) is 1. The van der Waals surface area contributed by atoms with Gasteiger partial charge in [0.1, 0.15) is 6.04 Å². The van der Waals surface area contributed by atoms with Crippen molar-refractivity contribution in [2.24, 2.45) is 5.92 Å². The normalized spacial score (nSPS) is 11.9. The SMILES string of the molecule is CC[C@H](C(=O)NCC(C)C)N(Cc1ccccc1)C(=O)Cc1cc(C)cc(C)c1. The Morgan fingerprint density at radius 1 is 0.966 bits per heavy atom. The molecule has 0 aromatic heterocycles. The Labute approximate surface area is 175 Å². The van der Waals surface area contributed by atoms with Gasteiger partial charge in [0, 0.05) is 13.1 Å². The van der Waals surface area contributed by atoms with E-state index in [1.54, 1.807) is 4.90 Å². The molecule has 0 aliphatic carbocycles. The summed E-state index contributed by atoms with van der Waals surface area (Å²) in [5, 5.41) is 3.00. The third-order valence-electron chi connectivity index (χ3n) is 4.90. The second kappa shape index (κ2) is 10.8. The molecule has 2 rings (SSSR count). The van der Waals surface area contributed by atoms with E-state index < -0.39 is 6.04 Å². The van der Waals surface area contributed by atoms with Crippen LogP contribution in [0.1, 0.15) is 49.4 Å². The molecular formula is C25H34N2O2. The van der Waals surface area contributed by atoms with Crippen LogP contribution >= 0.6 is 0 Å². The van der Waals surface area contributed by atoms with E-state index >= 15 is 0 Å². The zero-order valence-corrected chi connectivity index (χ0v) is 18.4. The maximum Gasteiger partial charge on any atom is 0.242 e. The molecule has 0 saturated heterocycles. The largest absolute Gasteiger partial charge is 0.354 e. The lowest BCUT2D eigenvalue weighted by Gasteiger charge is -2.31. The smallest absolute Gasteiger partial charge is 0.242 e. The molecule has 1 atom stereocenters. The van der Waals surface area contributed by atoms with Crippen molar-refractivity contribution in [1.29, 1.82) is 0 Å². The van der Waals surface area contributed by atoms with Gasteiger partial charge in [-0.25, -0.2) is 0 Å². The lowest BCUT2D eigenvalue weighted by molar-refractivity contribution is -0.141. The van der Waals surface area contributed by atoms with Crippen LogP contribution in [-0.4, -0.2) is 29.3 Å². The van der Waals surface area contributed by atoms with Gasteiger partial charge in [0.05, 0.1) is 6.42 Å². The molecule has 0 saturated carbocycles. The van der Waals surface area contributed by atoms with Gasteiger partial charge in [0.25, 0.3) is 0 Å². The molecule has 4 nitrogen and oxygen atoms in total. The number of amides is 2. The summed E-state index contributed by atoms with van der Waals surface area (Å²) in [4.78, 5) is 27.9. The van der Waals surface area contributed by atoms with Crippen LogP contribution in [0.3, 0.4) is 0 Å². The van der Waals surface area contributed by atoms with Gasteiger partial charge < -0.3 is 10.2 Å². The molecule has 0 bridgehead atoms. The fourth-order valence-electron chi connectivity index (χ4n) is 3.57. The summed E-state index contributed by atoms with van der Waals surface area (Å²) < 4.78 is 0. The van der Waals surface area contributed by atoms with Crippen LogP contribution in [-0.2, 0) is 22.6 Å². The van der Waals surface area contributed by atoms with Crippen molar-refractivity contribution in [3.05, 3.63) is 70.8 Å². The minimum Gasteiger partial charge on any atom is -0.354 e.